The number of rotatable bonds is 6. The Balaban J connectivity index is 2.91. The minimum Gasteiger partial charge on any atom is -0.481 e. The fourth-order valence-electron chi connectivity index (χ4n) is 1.54. The first-order chi connectivity index (χ1) is 9.57. The number of carbonyl (C=O) groups excluding carboxylic acids is 1. The van der Waals surface area contributed by atoms with Crippen LogP contribution in [0.4, 0.5) is 0 Å². The highest BCUT2D eigenvalue weighted by Gasteiger charge is 2.25. The van der Waals surface area contributed by atoms with Crippen LogP contribution in [0.3, 0.4) is 0 Å². The van der Waals surface area contributed by atoms with Crippen molar-refractivity contribution in [3.8, 4) is 0 Å². The fraction of sp³-hybridized carbons (Fsp3) is 0.500. The second kappa shape index (κ2) is 6.27. The molecule has 118 valence electrons. The summed E-state index contributed by atoms with van der Waals surface area (Å²) in [6, 6.07) is 1.12. The lowest BCUT2D eigenvalue weighted by Gasteiger charge is -2.18. The number of amides is 1. The monoisotopic (exact) mass is 318 g/mol. The van der Waals surface area contributed by atoms with E-state index in [4.69, 9.17) is 9.52 Å². The second-order valence-electron chi connectivity index (χ2n) is 4.87. The fourth-order valence-corrected chi connectivity index (χ4v) is 2.34. The van der Waals surface area contributed by atoms with Crippen molar-refractivity contribution in [1.29, 1.82) is 0 Å². The summed E-state index contributed by atoms with van der Waals surface area (Å²) in [5, 5.41) is 8.48. The summed E-state index contributed by atoms with van der Waals surface area (Å²) in [6.45, 7) is 1.48. The Kier molecular flexibility index (Phi) is 5.13. The quantitative estimate of drug-likeness (QED) is 0.809. The predicted molar refractivity (Wildman–Crippen MR) is 73.3 cm³/mol. The molecule has 0 spiro atoms. The summed E-state index contributed by atoms with van der Waals surface area (Å²) in [5.74, 6) is -2.25. The van der Waals surface area contributed by atoms with Crippen LogP contribution < -0.4 is 0 Å². The number of carboxylic acid groups (broad SMARTS) is 1. The van der Waals surface area contributed by atoms with Gasteiger partial charge in [-0.2, -0.15) is 0 Å². The first-order valence-corrected chi connectivity index (χ1v) is 7.50. The Morgan fingerprint density at radius 3 is 2.38 bits per heavy atom. The number of hydrogen-bond donors (Lipinski definition) is 1. The zero-order chi connectivity index (χ0) is 16.4. The van der Waals surface area contributed by atoms with Crippen molar-refractivity contribution in [2.24, 2.45) is 5.92 Å². The molecule has 9 heteroatoms. The summed E-state index contributed by atoms with van der Waals surface area (Å²) < 4.78 is 29.6. The van der Waals surface area contributed by atoms with Gasteiger partial charge in [-0.3, -0.25) is 9.59 Å². The van der Waals surface area contributed by atoms with Crippen molar-refractivity contribution in [3.05, 3.63) is 17.9 Å². The average molecular weight is 318 g/mol. The van der Waals surface area contributed by atoms with Crippen LogP contribution in [0.1, 0.15) is 17.3 Å². The summed E-state index contributed by atoms with van der Waals surface area (Å²) >= 11 is 0. The zero-order valence-corrected chi connectivity index (χ0v) is 13.0. The molecule has 0 saturated carbocycles. The highest BCUT2D eigenvalue weighted by atomic mass is 32.2. The van der Waals surface area contributed by atoms with Crippen molar-refractivity contribution in [2.75, 3.05) is 27.7 Å². The van der Waals surface area contributed by atoms with Crippen molar-refractivity contribution in [1.82, 2.24) is 9.21 Å². The Morgan fingerprint density at radius 1 is 1.33 bits per heavy atom. The van der Waals surface area contributed by atoms with Crippen LogP contribution in [0.2, 0.25) is 0 Å². The molecule has 0 aliphatic rings. The van der Waals surface area contributed by atoms with Crippen LogP contribution in [-0.2, 0) is 14.8 Å². The Labute approximate surface area is 123 Å². The van der Waals surface area contributed by atoms with Gasteiger partial charge in [0.05, 0.1) is 11.5 Å². The lowest BCUT2D eigenvalue weighted by Crippen LogP contribution is -2.33. The van der Waals surface area contributed by atoms with Gasteiger partial charge in [0.2, 0.25) is 5.09 Å². The smallest absolute Gasteiger partial charge is 0.308 e. The molecule has 0 fully saturated rings. The zero-order valence-electron chi connectivity index (χ0n) is 12.2. The van der Waals surface area contributed by atoms with Crippen molar-refractivity contribution >= 4 is 21.9 Å². The minimum absolute atomic E-state index is 0.00904. The predicted octanol–water partition coefficient (Wildman–Crippen LogP) is 0.323. The van der Waals surface area contributed by atoms with Gasteiger partial charge in [0.15, 0.2) is 0 Å². The van der Waals surface area contributed by atoms with Gasteiger partial charge in [-0.1, -0.05) is 6.92 Å². The van der Waals surface area contributed by atoms with E-state index in [1.165, 1.54) is 33.0 Å². The van der Waals surface area contributed by atoms with Gasteiger partial charge in [0.1, 0.15) is 6.26 Å². The van der Waals surface area contributed by atoms with Crippen LogP contribution in [0.5, 0.6) is 0 Å². The molecule has 0 aromatic carbocycles. The molecule has 21 heavy (non-hydrogen) atoms. The highest BCUT2D eigenvalue weighted by molar-refractivity contribution is 7.88. The van der Waals surface area contributed by atoms with Crippen LogP contribution in [-0.4, -0.2) is 62.3 Å². The van der Waals surface area contributed by atoms with Gasteiger partial charge in [-0.05, 0) is 0 Å². The molecule has 0 saturated heterocycles. The summed E-state index contributed by atoms with van der Waals surface area (Å²) in [6.07, 6.45) is 1.04. The van der Waals surface area contributed by atoms with Crippen LogP contribution >= 0.6 is 0 Å². The molecule has 1 amide bonds. The van der Waals surface area contributed by atoms with Crippen molar-refractivity contribution in [3.63, 3.8) is 0 Å². The maximum atomic E-state index is 12.1. The number of aliphatic carboxylic acids is 1. The van der Waals surface area contributed by atoms with Crippen LogP contribution in [0, 0.1) is 5.92 Å². The van der Waals surface area contributed by atoms with Gasteiger partial charge in [0.25, 0.3) is 15.9 Å². The molecule has 0 aliphatic carbocycles. The van der Waals surface area contributed by atoms with E-state index in [-0.39, 0.29) is 17.2 Å². The molecule has 1 heterocycles. The van der Waals surface area contributed by atoms with E-state index in [2.05, 4.69) is 0 Å². The first kappa shape index (κ1) is 17.2. The van der Waals surface area contributed by atoms with Gasteiger partial charge in [-0.25, -0.2) is 12.7 Å². The molecule has 0 aliphatic heterocycles. The lowest BCUT2D eigenvalue weighted by atomic mass is 10.1. The van der Waals surface area contributed by atoms with E-state index in [0.29, 0.717) is 0 Å². The van der Waals surface area contributed by atoms with Crippen LogP contribution in [0.15, 0.2) is 21.8 Å². The molecule has 1 unspecified atom stereocenters. The largest absolute Gasteiger partial charge is 0.481 e. The Hall–Kier alpha value is -1.87. The average Bonchev–Trinajstić information content (AvgIpc) is 2.87. The highest BCUT2D eigenvalue weighted by Crippen LogP contribution is 2.18. The summed E-state index contributed by atoms with van der Waals surface area (Å²) in [4.78, 5) is 24.0. The number of furan rings is 1. The SMILES string of the molecule is CC(CN(C)C(=O)c1coc(S(=O)(=O)N(C)C)c1)C(=O)O. The van der Waals surface area contributed by atoms with E-state index in [1.807, 2.05) is 0 Å². The number of sulfonamides is 1. The van der Waals surface area contributed by atoms with E-state index in [9.17, 15) is 18.0 Å². The summed E-state index contributed by atoms with van der Waals surface area (Å²) in [5.41, 5.74) is 0.0514. The Bertz CT molecular complexity index is 634. The van der Waals surface area contributed by atoms with Crippen molar-refractivity contribution in [2.45, 2.75) is 12.0 Å². The van der Waals surface area contributed by atoms with Crippen molar-refractivity contribution < 1.29 is 27.5 Å². The molecular weight excluding hydrogens is 300 g/mol. The van der Waals surface area contributed by atoms with Crippen LogP contribution in [0.25, 0.3) is 0 Å². The third-order valence-electron chi connectivity index (χ3n) is 2.87. The van der Waals surface area contributed by atoms with Gasteiger partial charge in [0, 0.05) is 33.8 Å². The first-order valence-electron chi connectivity index (χ1n) is 6.06. The summed E-state index contributed by atoms with van der Waals surface area (Å²) in [7, 11) is 0.384. The normalized spacial score (nSPS) is 13.2. The van der Waals surface area contributed by atoms with E-state index >= 15 is 0 Å². The molecule has 1 N–H and O–H groups in total. The Morgan fingerprint density at radius 2 is 1.90 bits per heavy atom. The topological polar surface area (TPSA) is 108 Å². The number of nitrogens with zero attached hydrogens (tertiary/aromatic N) is 2. The van der Waals surface area contributed by atoms with E-state index < -0.39 is 27.8 Å². The number of hydrogen-bond acceptors (Lipinski definition) is 5. The third kappa shape index (κ3) is 3.82. The second-order valence-corrected chi connectivity index (χ2v) is 6.95. The molecular formula is C12H18N2O6S. The lowest BCUT2D eigenvalue weighted by molar-refractivity contribution is -0.141. The molecule has 0 bridgehead atoms. The standard InChI is InChI=1S/C12H18N2O6S/c1-8(12(16)17)6-14(4)11(15)9-5-10(20-7-9)21(18,19)13(2)3/h5,7-8H,6H2,1-4H3,(H,16,17). The maximum absolute atomic E-state index is 12.1. The van der Waals surface area contributed by atoms with Gasteiger partial charge in [-0.15, -0.1) is 0 Å². The minimum atomic E-state index is -3.75. The molecule has 8 nitrogen and oxygen atoms in total. The molecule has 1 aromatic heterocycles. The molecule has 1 rings (SSSR count). The van der Waals surface area contributed by atoms with E-state index in [0.717, 1.165) is 16.6 Å². The van der Waals surface area contributed by atoms with Gasteiger partial charge < -0.3 is 14.4 Å². The molecule has 1 aromatic rings. The van der Waals surface area contributed by atoms with Gasteiger partial charge >= 0.3 is 5.97 Å². The molecule has 1 atom stereocenters. The van der Waals surface area contributed by atoms with E-state index in [1.54, 1.807) is 0 Å². The third-order valence-corrected chi connectivity index (χ3v) is 4.56. The maximum Gasteiger partial charge on any atom is 0.308 e. The number of carbonyl (C=O) groups is 2. The molecule has 0 radical (unpaired) electrons. The number of carboxylic acids is 1.